The van der Waals surface area contributed by atoms with E-state index in [0.717, 1.165) is 17.9 Å². The van der Waals surface area contributed by atoms with Gasteiger partial charge in [0.15, 0.2) is 10.3 Å². The first-order valence-corrected chi connectivity index (χ1v) is 21.3. The largest absolute Gasteiger partial charge is 0.445 e. The number of carbonyl (C=O) groups is 3. The van der Waals surface area contributed by atoms with Crippen molar-refractivity contribution in [1.29, 1.82) is 10.5 Å². The molecule has 322 valence electrons. The van der Waals surface area contributed by atoms with Crippen LogP contribution in [-0.2, 0) is 20.9 Å². The van der Waals surface area contributed by atoms with Crippen molar-refractivity contribution in [2.24, 2.45) is 0 Å². The maximum Gasteiger partial charge on any atom is 0.410 e. The van der Waals surface area contributed by atoms with Crippen LogP contribution in [0.15, 0.2) is 67.5 Å². The van der Waals surface area contributed by atoms with Gasteiger partial charge in [0, 0.05) is 63.5 Å². The zero-order valence-electron chi connectivity index (χ0n) is 34.5. The van der Waals surface area contributed by atoms with Gasteiger partial charge < -0.3 is 41.1 Å². The van der Waals surface area contributed by atoms with Gasteiger partial charge in [-0.1, -0.05) is 53.0 Å². The number of nitrogens with one attached hydrogen (secondary N) is 5. The molecule has 20 nitrogen and oxygen atoms in total. The molecule has 2 fully saturated rings. The number of aromatic nitrogens is 6. The summed E-state index contributed by atoms with van der Waals surface area (Å²) in [7, 11) is 0. The summed E-state index contributed by atoms with van der Waals surface area (Å²) in [6.45, 7) is 10.7. The monoisotopic (exact) mass is 878 g/mol. The Labute approximate surface area is 366 Å². The van der Waals surface area contributed by atoms with Crippen molar-refractivity contribution in [2.45, 2.75) is 58.5 Å². The highest BCUT2D eigenvalue weighted by molar-refractivity contribution is 7.16. The van der Waals surface area contributed by atoms with E-state index in [0.29, 0.717) is 57.1 Å². The van der Waals surface area contributed by atoms with Gasteiger partial charge in [0.25, 0.3) is 0 Å². The van der Waals surface area contributed by atoms with Crippen LogP contribution in [0.2, 0.25) is 0 Å². The van der Waals surface area contributed by atoms with Crippen molar-refractivity contribution in [3.05, 3.63) is 82.8 Å². The van der Waals surface area contributed by atoms with Gasteiger partial charge in [0.2, 0.25) is 11.8 Å². The van der Waals surface area contributed by atoms with Gasteiger partial charge in [-0.15, -0.1) is 0 Å². The van der Waals surface area contributed by atoms with Crippen LogP contribution in [0.4, 0.5) is 38.3 Å². The molecule has 1 aromatic carbocycles. The molecule has 62 heavy (non-hydrogen) atoms. The van der Waals surface area contributed by atoms with E-state index in [1.165, 1.54) is 52.6 Å². The molecule has 2 atom stereocenters. The lowest BCUT2D eigenvalue weighted by Gasteiger charge is -2.40. The molecule has 0 saturated carbocycles. The molecule has 5 aromatic rings. The van der Waals surface area contributed by atoms with E-state index in [1.807, 2.05) is 69.0 Å². The summed E-state index contributed by atoms with van der Waals surface area (Å²) in [5, 5.41) is 34.2. The van der Waals surface area contributed by atoms with Crippen LogP contribution >= 0.6 is 22.7 Å². The second-order valence-corrected chi connectivity index (χ2v) is 16.6. The highest BCUT2D eigenvalue weighted by Crippen LogP contribution is 2.26. The van der Waals surface area contributed by atoms with Crippen LogP contribution < -0.4 is 36.4 Å². The Kier molecular flexibility index (Phi) is 15.4. The zero-order chi connectivity index (χ0) is 44.0. The third kappa shape index (κ3) is 12.5. The Morgan fingerprint density at radius 3 is 1.89 bits per heavy atom. The predicted molar refractivity (Wildman–Crippen MR) is 234 cm³/mol. The highest BCUT2D eigenvalue weighted by Gasteiger charge is 2.37. The fourth-order valence-corrected chi connectivity index (χ4v) is 7.54. The molecule has 6 heterocycles. The fourth-order valence-electron chi connectivity index (χ4n) is 6.30. The summed E-state index contributed by atoms with van der Waals surface area (Å²) < 4.78 is 5.51. The van der Waals surface area contributed by atoms with E-state index in [-0.39, 0.29) is 49.6 Å². The van der Waals surface area contributed by atoms with Gasteiger partial charge in [0.05, 0.1) is 12.4 Å². The number of rotatable bonds is 12. The first-order chi connectivity index (χ1) is 30.0. The molecule has 3 amide bonds. The van der Waals surface area contributed by atoms with Gasteiger partial charge in [-0.3, -0.25) is 14.5 Å². The standard InChI is InChI=1S/C24H26N8O3S.C16H20N8OS/c1-16(2)29-22(33)19-13-31(8-9-32(19)24(34)35-14-17-6-4-3-5-7-17)21-10-20(27-15-28-21)30-23-26-12-18(11-25)36-23;1-10(2)22-15(25)12-8-24(4-3-18-12)14-5-13(20-9-21-14)23-16-19-7-11(6-17)26-16/h3-7,10,12,15-16,19H,8-9,13-14H2,1-2H3,(H,29,33)(H,26,27,28,30);5,7,9-10,12,18H,3-4,8H2,1-2H3,(H,22,25)(H,19,20,21,23). The third-order valence-electron chi connectivity index (χ3n) is 9.13. The molecule has 0 spiro atoms. The lowest BCUT2D eigenvalue weighted by molar-refractivity contribution is -0.126. The van der Waals surface area contributed by atoms with Crippen molar-refractivity contribution < 1.29 is 19.1 Å². The number of piperazine rings is 2. The fraction of sp³-hybridized carbons (Fsp3) is 0.375. The lowest BCUT2D eigenvalue weighted by Crippen LogP contribution is -2.61. The predicted octanol–water partition coefficient (Wildman–Crippen LogP) is 3.75. The number of nitrogens with zero attached hydrogens (tertiary/aromatic N) is 11. The van der Waals surface area contributed by atoms with Crippen LogP contribution in [0.25, 0.3) is 0 Å². The molecule has 2 aliphatic heterocycles. The number of nitriles is 2. The number of ether oxygens (including phenoxy) is 1. The molecule has 2 aliphatic rings. The Hall–Kier alpha value is -7.01. The molecular weight excluding hydrogens is 833 g/mol. The molecule has 22 heteroatoms. The van der Waals surface area contributed by atoms with E-state index >= 15 is 0 Å². The number of anilines is 6. The summed E-state index contributed by atoms with van der Waals surface area (Å²) in [6.07, 6.45) is 5.36. The second-order valence-electron chi connectivity index (χ2n) is 14.5. The van der Waals surface area contributed by atoms with Gasteiger partial charge in [-0.25, -0.2) is 34.7 Å². The molecule has 2 unspecified atom stereocenters. The SMILES string of the molecule is CC(C)NC(=O)C1CN(c2cc(Nc3ncc(C#N)s3)ncn2)CCN1.CC(C)NC(=O)C1CN(c2cc(Nc3ncc(C#N)s3)ncn2)CCN1C(=O)OCc1ccccc1. The second kappa shape index (κ2) is 21.5. The van der Waals surface area contributed by atoms with E-state index in [4.69, 9.17) is 15.3 Å². The van der Waals surface area contributed by atoms with Crippen LogP contribution in [0, 0.1) is 22.7 Å². The summed E-state index contributed by atoms with van der Waals surface area (Å²) in [5.74, 6) is 2.17. The lowest BCUT2D eigenvalue weighted by atomic mass is 10.1. The van der Waals surface area contributed by atoms with E-state index < -0.39 is 12.1 Å². The van der Waals surface area contributed by atoms with Crippen molar-refractivity contribution in [1.82, 2.24) is 50.8 Å². The van der Waals surface area contributed by atoms with Crippen LogP contribution in [0.5, 0.6) is 0 Å². The molecule has 7 rings (SSSR count). The number of thiazole rings is 2. The normalized spacial score (nSPS) is 16.0. The molecular formula is C40H46N16O4S2. The maximum absolute atomic E-state index is 13.0. The van der Waals surface area contributed by atoms with Gasteiger partial charge >= 0.3 is 6.09 Å². The number of carbonyl (C=O) groups excluding carboxylic acids is 3. The smallest absolute Gasteiger partial charge is 0.410 e. The van der Waals surface area contributed by atoms with E-state index in [2.05, 4.69) is 73.5 Å². The first-order valence-electron chi connectivity index (χ1n) is 19.7. The minimum absolute atomic E-state index is 0.0103. The summed E-state index contributed by atoms with van der Waals surface area (Å²) in [5.41, 5.74) is 0.871. The molecule has 2 saturated heterocycles. The van der Waals surface area contributed by atoms with Gasteiger partial charge in [0.1, 0.15) is 76.5 Å². The first kappa shape index (κ1) is 44.5. The van der Waals surface area contributed by atoms with E-state index in [1.54, 1.807) is 6.07 Å². The summed E-state index contributed by atoms with van der Waals surface area (Å²) in [4.78, 5) is 70.1. The Morgan fingerprint density at radius 1 is 0.774 bits per heavy atom. The third-order valence-corrected chi connectivity index (χ3v) is 10.8. The van der Waals surface area contributed by atoms with Crippen LogP contribution in [0.1, 0.15) is 43.0 Å². The van der Waals surface area contributed by atoms with Crippen LogP contribution in [-0.4, -0.2) is 116 Å². The quantitative estimate of drug-likeness (QED) is 0.120. The van der Waals surface area contributed by atoms with Crippen LogP contribution in [0.3, 0.4) is 0 Å². The molecule has 0 bridgehead atoms. The average molecular weight is 879 g/mol. The number of hydrogen-bond acceptors (Lipinski definition) is 19. The minimum Gasteiger partial charge on any atom is -0.445 e. The minimum atomic E-state index is -0.757. The summed E-state index contributed by atoms with van der Waals surface area (Å²) >= 11 is 2.48. The highest BCUT2D eigenvalue weighted by atomic mass is 32.1. The van der Waals surface area contributed by atoms with Gasteiger partial charge in [-0.05, 0) is 33.3 Å². The molecule has 4 aromatic heterocycles. The van der Waals surface area contributed by atoms with Crippen molar-refractivity contribution in [3.8, 4) is 12.1 Å². The maximum atomic E-state index is 13.0. The molecule has 0 radical (unpaired) electrons. The number of hydrogen-bond donors (Lipinski definition) is 5. The van der Waals surface area contributed by atoms with Crippen molar-refractivity contribution in [2.75, 3.05) is 59.7 Å². The Bertz CT molecular complexity index is 2380. The molecule has 0 aliphatic carbocycles. The van der Waals surface area contributed by atoms with Crippen molar-refractivity contribution >= 4 is 74.1 Å². The topological polar surface area (TPSA) is 255 Å². The Morgan fingerprint density at radius 2 is 1.34 bits per heavy atom. The Balaban J connectivity index is 0.000000218. The molecule has 5 N–H and O–H groups in total. The average Bonchev–Trinajstić information content (AvgIpc) is 3.95. The van der Waals surface area contributed by atoms with E-state index in [9.17, 15) is 14.4 Å². The summed E-state index contributed by atoms with van der Waals surface area (Å²) in [6, 6.07) is 16.1. The number of amides is 3. The van der Waals surface area contributed by atoms with Crippen molar-refractivity contribution in [3.63, 3.8) is 0 Å². The van der Waals surface area contributed by atoms with Gasteiger partial charge in [-0.2, -0.15) is 10.5 Å². The number of benzene rings is 1. The zero-order valence-corrected chi connectivity index (χ0v) is 36.1.